The fourth-order valence-corrected chi connectivity index (χ4v) is 4.21. The summed E-state index contributed by atoms with van der Waals surface area (Å²) in [6, 6.07) is 7.85. The number of nitrogens with one attached hydrogen (secondary N) is 1. The first-order valence-corrected chi connectivity index (χ1v) is 11.3. The van der Waals surface area contributed by atoms with E-state index >= 15 is 0 Å². The standard InChI is InChI=1S/C18H16ClN5O3S.C3H6/c19-12-6-10-8-27-7-9-2-1-3-11(13(9)10)14(12)15-22-16(20)24-17(23-15)28-5-4-21-18(25)26;1-2-3-1/h1-3,6,21H,4-5,7-8H2,(H,25,26)(H2,20,22,23,24);1-3H2. The molecule has 1 amide bonds. The Morgan fingerprint density at radius 1 is 1.19 bits per heavy atom. The topological polar surface area (TPSA) is 123 Å². The van der Waals surface area contributed by atoms with Crippen molar-refractivity contribution in [1.82, 2.24) is 20.3 Å². The fraction of sp³-hybridized carbons (Fsp3) is 0.333. The van der Waals surface area contributed by atoms with Gasteiger partial charge in [-0.05, 0) is 28.0 Å². The summed E-state index contributed by atoms with van der Waals surface area (Å²) < 4.78 is 5.63. The van der Waals surface area contributed by atoms with E-state index in [1.54, 1.807) is 0 Å². The maximum atomic E-state index is 10.5. The van der Waals surface area contributed by atoms with E-state index in [0.29, 0.717) is 40.5 Å². The summed E-state index contributed by atoms with van der Waals surface area (Å²) in [5, 5.41) is 13.9. The lowest BCUT2D eigenvalue weighted by Gasteiger charge is -2.20. The number of carboxylic acid groups (broad SMARTS) is 1. The Morgan fingerprint density at radius 2 is 1.97 bits per heavy atom. The largest absolute Gasteiger partial charge is 0.465 e. The van der Waals surface area contributed by atoms with Gasteiger partial charge in [0.05, 0.1) is 18.2 Å². The lowest BCUT2D eigenvalue weighted by Crippen LogP contribution is -2.23. The van der Waals surface area contributed by atoms with Crippen LogP contribution in [0.2, 0.25) is 5.02 Å². The van der Waals surface area contributed by atoms with Gasteiger partial charge in [0.1, 0.15) is 0 Å². The molecule has 0 unspecified atom stereocenters. The van der Waals surface area contributed by atoms with E-state index in [-0.39, 0.29) is 12.5 Å². The number of ether oxygens (including phenoxy) is 1. The third kappa shape index (κ3) is 5.36. The molecule has 3 aromatic rings. The number of halogens is 1. The molecule has 162 valence electrons. The maximum Gasteiger partial charge on any atom is 0.404 e. The van der Waals surface area contributed by atoms with Gasteiger partial charge in [0.15, 0.2) is 11.0 Å². The number of nitrogens with zero attached hydrogens (tertiary/aromatic N) is 3. The number of hydrogen-bond donors (Lipinski definition) is 3. The summed E-state index contributed by atoms with van der Waals surface area (Å²) in [5.74, 6) is 0.935. The van der Waals surface area contributed by atoms with Gasteiger partial charge in [-0.2, -0.15) is 9.97 Å². The fourth-order valence-electron chi connectivity index (χ4n) is 3.19. The number of carbonyl (C=O) groups is 1. The summed E-state index contributed by atoms with van der Waals surface area (Å²) in [6.45, 7) is 1.32. The molecule has 4 N–H and O–H groups in total. The van der Waals surface area contributed by atoms with Crippen molar-refractivity contribution in [2.75, 3.05) is 18.0 Å². The van der Waals surface area contributed by atoms with Crippen molar-refractivity contribution >= 4 is 46.2 Å². The summed E-state index contributed by atoms with van der Waals surface area (Å²) in [4.78, 5) is 23.5. The number of thioether (sulfide) groups is 1. The van der Waals surface area contributed by atoms with Gasteiger partial charge in [-0.1, -0.05) is 60.8 Å². The number of nitrogen functional groups attached to an aromatic ring is 1. The quantitative estimate of drug-likeness (QED) is 0.376. The summed E-state index contributed by atoms with van der Waals surface area (Å²) in [6.07, 6.45) is 3.43. The van der Waals surface area contributed by atoms with E-state index < -0.39 is 6.09 Å². The normalized spacial score (nSPS) is 14.0. The predicted octanol–water partition coefficient (Wildman–Crippen LogP) is 4.49. The highest BCUT2D eigenvalue weighted by molar-refractivity contribution is 7.99. The molecule has 8 nitrogen and oxygen atoms in total. The average Bonchev–Trinajstić information content (AvgIpc) is 3.60. The third-order valence-corrected chi connectivity index (χ3v) is 5.76. The van der Waals surface area contributed by atoms with Crippen molar-refractivity contribution < 1.29 is 14.6 Å². The number of anilines is 1. The Morgan fingerprint density at radius 3 is 2.71 bits per heavy atom. The molecular formula is C21H22ClN5O3S. The molecule has 2 aromatic carbocycles. The van der Waals surface area contributed by atoms with E-state index in [0.717, 1.165) is 21.9 Å². The minimum atomic E-state index is -1.07. The zero-order chi connectivity index (χ0) is 21.8. The highest BCUT2D eigenvalue weighted by atomic mass is 35.5. The van der Waals surface area contributed by atoms with Crippen LogP contribution in [0.15, 0.2) is 29.4 Å². The predicted molar refractivity (Wildman–Crippen MR) is 121 cm³/mol. The second kappa shape index (κ2) is 9.67. The van der Waals surface area contributed by atoms with Gasteiger partial charge >= 0.3 is 6.09 Å². The van der Waals surface area contributed by atoms with Gasteiger partial charge in [-0.15, -0.1) is 0 Å². The first kappa shape index (κ1) is 21.6. The van der Waals surface area contributed by atoms with Gasteiger partial charge in [0, 0.05) is 17.9 Å². The summed E-state index contributed by atoms with van der Waals surface area (Å²) >= 11 is 7.87. The molecule has 0 spiro atoms. The van der Waals surface area contributed by atoms with Crippen LogP contribution >= 0.6 is 23.4 Å². The van der Waals surface area contributed by atoms with E-state index in [4.69, 9.17) is 27.2 Å². The SMILES string of the molecule is C1CC1.Nc1nc(SCCNC(=O)O)nc(-c2c(Cl)cc3c4c(cccc24)COC3)n1. The van der Waals surface area contributed by atoms with Gasteiger partial charge < -0.3 is 20.9 Å². The molecule has 5 rings (SSSR count). The van der Waals surface area contributed by atoms with Crippen LogP contribution < -0.4 is 11.1 Å². The molecule has 1 aromatic heterocycles. The molecule has 1 aliphatic heterocycles. The van der Waals surface area contributed by atoms with Crippen LogP contribution in [0.1, 0.15) is 30.4 Å². The number of amides is 1. The van der Waals surface area contributed by atoms with Crippen LogP contribution in [0.25, 0.3) is 22.2 Å². The number of aromatic nitrogens is 3. The van der Waals surface area contributed by atoms with Gasteiger partial charge in [-0.3, -0.25) is 0 Å². The zero-order valence-electron chi connectivity index (χ0n) is 16.7. The van der Waals surface area contributed by atoms with Crippen molar-refractivity contribution in [3.63, 3.8) is 0 Å². The first-order chi connectivity index (χ1) is 15.0. The van der Waals surface area contributed by atoms with E-state index in [1.165, 1.54) is 31.0 Å². The van der Waals surface area contributed by atoms with Crippen LogP contribution in [0.4, 0.5) is 10.7 Å². The van der Waals surface area contributed by atoms with Crippen LogP contribution in [0.5, 0.6) is 0 Å². The number of rotatable bonds is 5. The number of benzene rings is 2. The van der Waals surface area contributed by atoms with Crippen molar-refractivity contribution in [3.05, 3.63) is 40.4 Å². The zero-order valence-corrected chi connectivity index (χ0v) is 18.3. The van der Waals surface area contributed by atoms with Crippen molar-refractivity contribution in [1.29, 1.82) is 0 Å². The third-order valence-electron chi connectivity index (χ3n) is 4.61. The Bertz CT molecular complexity index is 1120. The van der Waals surface area contributed by atoms with Crippen LogP contribution in [-0.2, 0) is 18.0 Å². The number of hydrogen-bond acceptors (Lipinski definition) is 7. The molecule has 0 saturated heterocycles. The van der Waals surface area contributed by atoms with Crippen LogP contribution in [0, 0.1) is 0 Å². The van der Waals surface area contributed by atoms with Crippen molar-refractivity contribution in [2.45, 2.75) is 37.6 Å². The molecule has 2 aliphatic rings. The highest BCUT2D eigenvalue weighted by Gasteiger charge is 2.20. The molecule has 31 heavy (non-hydrogen) atoms. The lowest BCUT2D eigenvalue weighted by molar-refractivity contribution is 0.103. The summed E-state index contributed by atoms with van der Waals surface area (Å²) in [5.41, 5.74) is 8.71. The average molecular weight is 460 g/mol. The molecule has 1 fully saturated rings. The lowest BCUT2D eigenvalue weighted by atomic mass is 9.94. The Balaban J connectivity index is 0.000000710. The molecule has 0 bridgehead atoms. The Labute approximate surface area is 188 Å². The molecule has 0 radical (unpaired) electrons. The number of nitrogens with two attached hydrogens (primary N) is 1. The van der Waals surface area contributed by atoms with Crippen LogP contribution in [-0.4, -0.2) is 38.4 Å². The molecule has 1 saturated carbocycles. The molecular weight excluding hydrogens is 438 g/mol. The van der Waals surface area contributed by atoms with E-state index in [1.807, 2.05) is 24.3 Å². The highest BCUT2D eigenvalue weighted by Crippen LogP contribution is 2.39. The first-order valence-electron chi connectivity index (χ1n) is 9.95. The molecule has 0 atom stereocenters. The van der Waals surface area contributed by atoms with Gasteiger partial charge in [-0.25, -0.2) is 9.78 Å². The summed E-state index contributed by atoms with van der Waals surface area (Å²) in [7, 11) is 0. The molecule has 10 heteroatoms. The molecule has 1 aliphatic carbocycles. The van der Waals surface area contributed by atoms with Crippen molar-refractivity contribution in [2.24, 2.45) is 0 Å². The van der Waals surface area contributed by atoms with E-state index in [2.05, 4.69) is 20.3 Å². The van der Waals surface area contributed by atoms with Crippen molar-refractivity contribution in [3.8, 4) is 11.4 Å². The second-order valence-corrected chi connectivity index (χ2v) is 8.64. The smallest absolute Gasteiger partial charge is 0.404 e. The van der Waals surface area contributed by atoms with E-state index in [9.17, 15) is 4.79 Å². The molecule has 2 heterocycles. The maximum absolute atomic E-state index is 10.5. The minimum absolute atomic E-state index is 0.0820. The second-order valence-electron chi connectivity index (χ2n) is 7.17. The van der Waals surface area contributed by atoms with Gasteiger partial charge in [0.25, 0.3) is 0 Å². The monoisotopic (exact) mass is 459 g/mol. The van der Waals surface area contributed by atoms with Gasteiger partial charge in [0.2, 0.25) is 5.95 Å². The van der Waals surface area contributed by atoms with Crippen LogP contribution in [0.3, 0.4) is 0 Å². The minimum Gasteiger partial charge on any atom is -0.465 e. The Hall–Kier alpha value is -2.62. The Kier molecular flexibility index (Phi) is 6.74.